The Morgan fingerprint density at radius 2 is 2.13 bits per heavy atom. The molecule has 0 aliphatic carbocycles. The highest BCUT2D eigenvalue weighted by Crippen LogP contribution is 2.47. The first-order chi connectivity index (χ1) is 11.0. The van der Waals surface area contributed by atoms with Gasteiger partial charge in [0.25, 0.3) is 0 Å². The maximum absolute atomic E-state index is 12.6. The second-order valence-electron chi connectivity index (χ2n) is 6.56. The number of rotatable bonds is 5. The molecule has 0 aromatic heterocycles. The van der Waals surface area contributed by atoms with Crippen LogP contribution in [-0.4, -0.2) is 33.4 Å². The van der Waals surface area contributed by atoms with Crippen molar-refractivity contribution in [2.75, 3.05) is 11.1 Å². The normalized spacial score (nSPS) is 26.4. The van der Waals surface area contributed by atoms with Crippen molar-refractivity contribution in [1.82, 2.24) is 4.90 Å². The summed E-state index contributed by atoms with van der Waals surface area (Å²) in [5, 5.41) is 2.97. The van der Waals surface area contributed by atoms with Crippen LogP contribution in [0, 0.1) is 0 Å². The van der Waals surface area contributed by atoms with E-state index in [9.17, 15) is 9.59 Å². The Morgan fingerprint density at radius 1 is 1.39 bits per heavy atom. The van der Waals surface area contributed by atoms with E-state index in [4.69, 9.17) is 0 Å². The minimum atomic E-state index is -0.347. The molecule has 2 heterocycles. The first-order valence-electron chi connectivity index (χ1n) is 8.39. The summed E-state index contributed by atoms with van der Waals surface area (Å²) in [6.45, 7) is 4.25. The van der Waals surface area contributed by atoms with E-state index in [1.54, 1.807) is 16.7 Å². The molecule has 124 valence electrons. The summed E-state index contributed by atoms with van der Waals surface area (Å²) >= 11 is 1.72. The molecule has 1 N–H and O–H groups in total. The number of anilines is 1. The Balaban J connectivity index is 1.64. The lowest BCUT2D eigenvalue weighted by Gasteiger charge is -2.29. The van der Waals surface area contributed by atoms with E-state index >= 15 is 0 Å². The lowest BCUT2D eigenvalue weighted by Crippen LogP contribution is -2.48. The van der Waals surface area contributed by atoms with Gasteiger partial charge in [0.1, 0.15) is 6.04 Å². The van der Waals surface area contributed by atoms with Crippen molar-refractivity contribution in [2.24, 2.45) is 0 Å². The molecule has 2 aliphatic rings. The van der Waals surface area contributed by atoms with Crippen LogP contribution < -0.4 is 5.32 Å². The zero-order valence-electron chi connectivity index (χ0n) is 13.8. The van der Waals surface area contributed by atoms with Crippen molar-refractivity contribution in [3.63, 3.8) is 0 Å². The number of hydrogen-bond donors (Lipinski definition) is 1. The fraction of sp³-hybridized carbons (Fsp3) is 0.556. The number of carbonyl (C=O) groups is 2. The highest BCUT2D eigenvalue weighted by Gasteiger charge is 2.52. The van der Waals surface area contributed by atoms with Crippen molar-refractivity contribution < 1.29 is 9.59 Å². The van der Waals surface area contributed by atoms with Crippen LogP contribution in [0.4, 0.5) is 5.69 Å². The van der Waals surface area contributed by atoms with E-state index in [-0.39, 0.29) is 22.7 Å². The largest absolute Gasteiger partial charge is 0.324 e. The van der Waals surface area contributed by atoms with Crippen LogP contribution in [0.3, 0.4) is 0 Å². The number of benzene rings is 1. The highest BCUT2D eigenvalue weighted by atomic mass is 32.2. The van der Waals surface area contributed by atoms with Gasteiger partial charge in [-0.15, -0.1) is 11.8 Å². The van der Waals surface area contributed by atoms with Crippen LogP contribution in [-0.2, 0) is 16.0 Å². The van der Waals surface area contributed by atoms with Gasteiger partial charge in [0.15, 0.2) is 0 Å². The minimum absolute atomic E-state index is 0.0715. The molecule has 2 saturated heterocycles. The molecule has 0 saturated carbocycles. The summed E-state index contributed by atoms with van der Waals surface area (Å²) in [5.74, 6) is 0.716. The third kappa shape index (κ3) is 3.25. The van der Waals surface area contributed by atoms with Crippen molar-refractivity contribution in [3.05, 3.63) is 29.8 Å². The van der Waals surface area contributed by atoms with Crippen molar-refractivity contribution in [2.45, 2.75) is 56.9 Å². The lowest BCUT2D eigenvalue weighted by molar-refractivity contribution is -0.135. The quantitative estimate of drug-likeness (QED) is 0.899. The minimum Gasteiger partial charge on any atom is -0.324 e. The molecule has 0 unspecified atom stereocenters. The Labute approximate surface area is 142 Å². The van der Waals surface area contributed by atoms with Gasteiger partial charge in [-0.25, -0.2) is 0 Å². The number of amides is 2. The number of aryl methyl sites for hydroxylation is 1. The number of nitrogens with one attached hydrogen (secondary N) is 1. The summed E-state index contributed by atoms with van der Waals surface area (Å²) in [4.78, 5) is 26.3. The van der Waals surface area contributed by atoms with Crippen molar-refractivity contribution >= 4 is 29.3 Å². The summed E-state index contributed by atoms with van der Waals surface area (Å²) in [6, 6.07) is 7.70. The summed E-state index contributed by atoms with van der Waals surface area (Å²) in [7, 11) is 0. The molecule has 3 rings (SSSR count). The monoisotopic (exact) mass is 332 g/mol. The molecule has 2 atom stereocenters. The van der Waals surface area contributed by atoms with Crippen molar-refractivity contribution in [3.8, 4) is 0 Å². The molecule has 2 fully saturated rings. The molecule has 5 heteroatoms. The molecule has 23 heavy (non-hydrogen) atoms. The van der Waals surface area contributed by atoms with Crippen LogP contribution in [0.15, 0.2) is 24.3 Å². The zero-order valence-corrected chi connectivity index (χ0v) is 14.6. The highest BCUT2D eigenvalue weighted by molar-refractivity contribution is 8.01. The average molecular weight is 332 g/mol. The lowest BCUT2D eigenvalue weighted by atomic mass is 10.1. The molecule has 0 radical (unpaired) electrons. The SMILES string of the molecule is CCCCc1ccc(NC(=O)[C@@H]2CS[C@]3(C)CCC(=O)N23)cc1. The van der Waals surface area contributed by atoms with Gasteiger partial charge in [-0.3, -0.25) is 9.59 Å². The topological polar surface area (TPSA) is 49.4 Å². The Bertz CT molecular complexity index is 602. The van der Waals surface area contributed by atoms with Crippen LogP contribution in [0.1, 0.15) is 45.1 Å². The van der Waals surface area contributed by atoms with Gasteiger partial charge in [0.2, 0.25) is 11.8 Å². The predicted molar refractivity (Wildman–Crippen MR) is 94.4 cm³/mol. The molecule has 1 aromatic rings. The van der Waals surface area contributed by atoms with Crippen LogP contribution in [0.25, 0.3) is 0 Å². The molecule has 0 spiro atoms. The van der Waals surface area contributed by atoms with E-state index < -0.39 is 0 Å². The zero-order chi connectivity index (χ0) is 16.4. The molecular formula is C18H24N2O2S. The fourth-order valence-electron chi connectivity index (χ4n) is 3.38. The van der Waals surface area contributed by atoms with Gasteiger partial charge in [0, 0.05) is 17.9 Å². The van der Waals surface area contributed by atoms with Gasteiger partial charge in [-0.1, -0.05) is 25.5 Å². The fourth-order valence-corrected chi connectivity index (χ4v) is 4.81. The first-order valence-corrected chi connectivity index (χ1v) is 9.38. The number of hydrogen-bond acceptors (Lipinski definition) is 3. The van der Waals surface area contributed by atoms with Gasteiger partial charge >= 0.3 is 0 Å². The average Bonchev–Trinajstić information content (AvgIpc) is 3.03. The Morgan fingerprint density at radius 3 is 2.83 bits per heavy atom. The molecular weight excluding hydrogens is 308 g/mol. The third-order valence-corrected chi connectivity index (χ3v) is 6.29. The van der Waals surface area contributed by atoms with Gasteiger partial charge < -0.3 is 10.2 Å². The first kappa shape index (κ1) is 16.4. The van der Waals surface area contributed by atoms with Crippen LogP contribution in [0.5, 0.6) is 0 Å². The number of nitrogens with zero attached hydrogens (tertiary/aromatic N) is 1. The number of fused-ring (bicyclic) bond motifs is 1. The smallest absolute Gasteiger partial charge is 0.248 e. The summed E-state index contributed by atoms with van der Waals surface area (Å²) in [6.07, 6.45) is 4.83. The second kappa shape index (κ2) is 6.56. The van der Waals surface area contributed by atoms with E-state index in [0.717, 1.165) is 18.5 Å². The maximum atomic E-state index is 12.6. The van der Waals surface area contributed by atoms with E-state index in [2.05, 4.69) is 31.3 Å². The van der Waals surface area contributed by atoms with Gasteiger partial charge in [0.05, 0.1) is 4.87 Å². The maximum Gasteiger partial charge on any atom is 0.248 e. The molecule has 4 nitrogen and oxygen atoms in total. The molecule has 2 amide bonds. The van der Waals surface area contributed by atoms with Crippen LogP contribution >= 0.6 is 11.8 Å². The molecule has 0 bridgehead atoms. The number of thioether (sulfide) groups is 1. The van der Waals surface area contributed by atoms with E-state index in [1.165, 1.54) is 18.4 Å². The van der Waals surface area contributed by atoms with Crippen molar-refractivity contribution in [1.29, 1.82) is 0 Å². The predicted octanol–water partition coefficient (Wildman–Crippen LogP) is 3.42. The summed E-state index contributed by atoms with van der Waals surface area (Å²) < 4.78 is 0. The molecule has 1 aromatic carbocycles. The van der Waals surface area contributed by atoms with Gasteiger partial charge in [-0.2, -0.15) is 0 Å². The van der Waals surface area contributed by atoms with E-state index in [0.29, 0.717) is 12.2 Å². The Hall–Kier alpha value is -1.49. The van der Waals surface area contributed by atoms with Crippen LogP contribution in [0.2, 0.25) is 0 Å². The standard InChI is InChI=1S/C18H24N2O2S/c1-3-4-5-13-6-8-14(9-7-13)19-17(22)15-12-23-18(2)11-10-16(21)20(15)18/h6-9,15H,3-5,10-12H2,1-2H3,(H,19,22)/t15-,18+/m0/s1. The number of carbonyl (C=O) groups excluding carboxylic acids is 2. The van der Waals surface area contributed by atoms with Gasteiger partial charge in [-0.05, 0) is 43.9 Å². The van der Waals surface area contributed by atoms with E-state index in [1.807, 2.05) is 12.1 Å². The molecule has 2 aliphatic heterocycles. The second-order valence-corrected chi connectivity index (χ2v) is 8.06. The summed E-state index contributed by atoms with van der Waals surface area (Å²) in [5.41, 5.74) is 2.10. The number of unbranched alkanes of at least 4 members (excludes halogenated alkanes) is 1. The Kier molecular flexibility index (Phi) is 4.67. The third-order valence-electron chi connectivity index (χ3n) is 4.79.